The monoisotopic (exact) mass is 599 g/mol. The van der Waals surface area contributed by atoms with Crippen molar-refractivity contribution in [1.29, 1.82) is 0 Å². The van der Waals surface area contributed by atoms with Gasteiger partial charge in [0.2, 0.25) is 5.92 Å². The fraction of sp³-hybridized carbons (Fsp3) is 0.370. The molecule has 5 rings (SSSR count). The molecule has 40 heavy (non-hydrogen) atoms. The molecule has 4 aromatic rings. The number of hydrogen-bond donors (Lipinski definition) is 0. The van der Waals surface area contributed by atoms with Crippen LogP contribution in [0.3, 0.4) is 0 Å². The van der Waals surface area contributed by atoms with Crippen LogP contribution >= 0.6 is 22.9 Å². The summed E-state index contributed by atoms with van der Waals surface area (Å²) in [6.07, 6.45) is -2.71. The number of aryl methyl sites for hydroxylation is 1. The van der Waals surface area contributed by atoms with Crippen LogP contribution in [-0.4, -0.2) is 32.3 Å². The zero-order valence-electron chi connectivity index (χ0n) is 21.1. The average molecular weight is 600 g/mol. The Morgan fingerprint density at radius 3 is 2.55 bits per heavy atom. The highest BCUT2D eigenvalue weighted by Crippen LogP contribution is 2.43. The van der Waals surface area contributed by atoms with Crippen LogP contribution in [-0.2, 0) is 13.1 Å². The maximum atomic E-state index is 13.7. The number of thiophene rings is 1. The van der Waals surface area contributed by atoms with Gasteiger partial charge < -0.3 is 4.74 Å². The van der Waals surface area contributed by atoms with Gasteiger partial charge in [-0.1, -0.05) is 11.6 Å². The Hall–Kier alpha value is -3.25. The highest BCUT2D eigenvalue weighted by molar-refractivity contribution is 7.19. The van der Waals surface area contributed by atoms with E-state index >= 15 is 0 Å². The van der Waals surface area contributed by atoms with Gasteiger partial charge in [0.15, 0.2) is 0 Å². The Bertz CT molecular complexity index is 1690. The number of halogens is 6. The van der Waals surface area contributed by atoms with Crippen molar-refractivity contribution in [2.45, 2.75) is 63.9 Å². The van der Waals surface area contributed by atoms with E-state index in [4.69, 9.17) is 16.3 Å². The molecule has 1 aromatic carbocycles. The molecule has 0 amide bonds. The largest absolute Gasteiger partial charge is 0.489 e. The lowest BCUT2D eigenvalue weighted by atomic mass is 9.94. The lowest BCUT2D eigenvalue weighted by Gasteiger charge is -2.30. The van der Waals surface area contributed by atoms with Gasteiger partial charge in [0.1, 0.15) is 12.3 Å². The zero-order chi connectivity index (χ0) is 28.8. The van der Waals surface area contributed by atoms with E-state index in [-0.39, 0.29) is 32.2 Å². The number of pyridine rings is 1. The van der Waals surface area contributed by atoms with Gasteiger partial charge in [-0.05, 0) is 49.6 Å². The standard InChI is InChI=1S/C27H23ClF5N3O3S/c1-15-10-16(28)11-20(23(15)39-17-2-6-26(29,30)7-3-17)19-4-8-34-21-12-18(40-24(19)21)13-36-22(37)5-9-35(25(36)38)14-27(31,32)33/h4-5,8-12,17H,2-3,6-7,13-14H2,1H3. The fourth-order valence-corrected chi connectivity index (χ4v) is 6.24. The number of nitrogens with zero attached hydrogens (tertiary/aromatic N) is 3. The molecule has 1 aliphatic carbocycles. The molecule has 0 spiro atoms. The van der Waals surface area contributed by atoms with Crippen LogP contribution in [0.5, 0.6) is 5.75 Å². The van der Waals surface area contributed by atoms with Crippen molar-refractivity contribution in [3.05, 3.63) is 79.0 Å². The van der Waals surface area contributed by atoms with Crippen LogP contribution in [0.1, 0.15) is 36.1 Å². The van der Waals surface area contributed by atoms with Gasteiger partial charge in [-0.2, -0.15) is 13.2 Å². The molecule has 3 aromatic heterocycles. The van der Waals surface area contributed by atoms with Gasteiger partial charge >= 0.3 is 11.9 Å². The summed E-state index contributed by atoms with van der Waals surface area (Å²) in [7, 11) is 0. The predicted molar refractivity (Wildman–Crippen MR) is 143 cm³/mol. The summed E-state index contributed by atoms with van der Waals surface area (Å²) < 4.78 is 74.2. The molecule has 0 saturated heterocycles. The Balaban J connectivity index is 1.52. The molecule has 0 radical (unpaired) electrons. The van der Waals surface area contributed by atoms with Gasteiger partial charge in [-0.3, -0.25) is 18.9 Å². The molecule has 1 aliphatic rings. The third-order valence-corrected chi connectivity index (χ3v) is 8.10. The van der Waals surface area contributed by atoms with Crippen molar-refractivity contribution < 1.29 is 26.7 Å². The molecule has 0 unspecified atom stereocenters. The molecule has 13 heteroatoms. The van der Waals surface area contributed by atoms with Gasteiger partial charge in [-0.15, -0.1) is 11.3 Å². The molecule has 1 fully saturated rings. The van der Waals surface area contributed by atoms with Crippen LogP contribution in [0.4, 0.5) is 22.0 Å². The predicted octanol–water partition coefficient (Wildman–Crippen LogP) is 6.82. The molecular weight excluding hydrogens is 577 g/mol. The SMILES string of the molecule is Cc1cc(Cl)cc(-c2ccnc3cc(Cn4c(=O)ccn(CC(F)(F)F)c4=O)sc23)c1OC1CCC(F)(F)CC1. The first-order valence-corrected chi connectivity index (χ1v) is 13.6. The van der Waals surface area contributed by atoms with Crippen LogP contribution in [0, 0.1) is 6.92 Å². The lowest BCUT2D eigenvalue weighted by Crippen LogP contribution is -2.41. The molecule has 212 valence electrons. The summed E-state index contributed by atoms with van der Waals surface area (Å²) in [4.78, 5) is 30.0. The van der Waals surface area contributed by atoms with Gasteiger partial charge in [0, 0.05) is 52.3 Å². The maximum Gasteiger partial charge on any atom is 0.406 e. The lowest BCUT2D eigenvalue weighted by molar-refractivity contribution is -0.141. The first-order chi connectivity index (χ1) is 18.8. The van der Waals surface area contributed by atoms with Crippen molar-refractivity contribution in [3.63, 3.8) is 0 Å². The number of aromatic nitrogens is 3. The van der Waals surface area contributed by atoms with Crippen LogP contribution in [0.15, 0.2) is 52.3 Å². The second-order valence-corrected chi connectivity index (χ2v) is 11.4. The number of alkyl halides is 5. The minimum Gasteiger partial charge on any atom is -0.489 e. The Labute approximate surface area is 233 Å². The zero-order valence-corrected chi connectivity index (χ0v) is 22.7. The number of benzene rings is 1. The number of ether oxygens (including phenoxy) is 1. The Morgan fingerprint density at radius 2 is 1.85 bits per heavy atom. The van der Waals surface area contributed by atoms with E-state index in [0.717, 1.165) is 22.4 Å². The van der Waals surface area contributed by atoms with Gasteiger partial charge in [-0.25, -0.2) is 13.6 Å². The summed E-state index contributed by atoms with van der Waals surface area (Å²) in [5, 5.41) is 0.442. The Morgan fingerprint density at radius 1 is 1.12 bits per heavy atom. The molecule has 0 atom stereocenters. The topological polar surface area (TPSA) is 66.1 Å². The number of fused-ring (bicyclic) bond motifs is 1. The van der Waals surface area contributed by atoms with Gasteiger partial charge in [0.25, 0.3) is 5.56 Å². The molecule has 0 N–H and O–H groups in total. The quantitative estimate of drug-likeness (QED) is 0.228. The van der Waals surface area contributed by atoms with E-state index in [1.807, 2.05) is 6.92 Å². The highest BCUT2D eigenvalue weighted by atomic mass is 35.5. The molecule has 1 saturated carbocycles. The molecule has 0 bridgehead atoms. The molecule has 6 nitrogen and oxygen atoms in total. The van der Waals surface area contributed by atoms with Crippen LogP contribution < -0.4 is 16.0 Å². The highest BCUT2D eigenvalue weighted by Gasteiger charge is 2.36. The van der Waals surface area contributed by atoms with E-state index in [1.165, 1.54) is 11.3 Å². The minimum atomic E-state index is -4.63. The van der Waals surface area contributed by atoms with E-state index < -0.39 is 36.0 Å². The second-order valence-electron chi connectivity index (χ2n) is 9.82. The minimum absolute atomic E-state index is 0.209. The van der Waals surface area contributed by atoms with Crippen molar-refractivity contribution in [1.82, 2.24) is 14.1 Å². The van der Waals surface area contributed by atoms with Gasteiger partial charge in [0.05, 0.1) is 22.9 Å². The van der Waals surface area contributed by atoms with E-state index in [2.05, 4.69) is 4.98 Å². The first-order valence-electron chi connectivity index (χ1n) is 12.4. The van der Waals surface area contributed by atoms with Crippen LogP contribution in [0.2, 0.25) is 5.02 Å². The summed E-state index contributed by atoms with van der Waals surface area (Å²) in [6.45, 7) is 0.0546. The third kappa shape index (κ3) is 6.07. The summed E-state index contributed by atoms with van der Waals surface area (Å²) in [5.74, 6) is -2.18. The van der Waals surface area contributed by atoms with E-state index in [0.29, 0.717) is 41.6 Å². The van der Waals surface area contributed by atoms with E-state index in [1.54, 1.807) is 30.5 Å². The number of rotatable bonds is 6. The normalized spacial score (nSPS) is 16.0. The third-order valence-electron chi connectivity index (χ3n) is 6.74. The maximum absolute atomic E-state index is 13.7. The Kier molecular flexibility index (Phi) is 7.51. The average Bonchev–Trinajstić information content (AvgIpc) is 3.28. The van der Waals surface area contributed by atoms with Crippen molar-refractivity contribution >= 4 is 33.2 Å². The fourth-order valence-electron chi connectivity index (χ4n) is 4.83. The molecular formula is C27H23ClF5N3O3S. The van der Waals surface area contributed by atoms with E-state index in [9.17, 15) is 31.5 Å². The van der Waals surface area contributed by atoms with Crippen molar-refractivity contribution in [3.8, 4) is 16.9 Å². The second kappa shape index (κ2) is 10.6. The summed E-state index contributed by atoms with van der Waals surface area (Å²) in [6, 6.07) is 7.78. The number of hydrogen-bond acceptors (Lipinski definition) is 5. The van der Waals surface area contributed by atoms with Crippen molar-refractivity contribution in [2.75, 3.05) is 0 Å². The van der Waals surface area contributed by atoms with Crippen LogP contribution in [0.25, 0.3) is 21.3 Å². The first kappa shape index (κ1) is 28.3. The molecule has 3 heterocycles. The van der Waals surface area contributed by atoms with Crippen molar-refractivity contribution in [2.24, 2.45) is 0 Å². The smallest absolute Gasteiger partial charge is 0.406 e. The molecule has 0 aliphatic heterocycles. The summed E-state index contributed by atoms with van der Waals surface area (Å²) in [5.41, 5.74) is 0.786. The summed E-state index contributed by atoms with van der Waals surface area (Å²) >= 11 is 7.61.